The van der Waals surface area contributed by atoms with Gasteiger partial charge < -0.3 is 4.98 Å². The molecule has 0 fully saturated rings. The van der Waals surface area contributed by atoms with Gasteiger partial charge in [-0.1, -0.05) is 23.7 Å². The Hall–Kier alpha value is -1.81. The van der Waals surface area contributed by atoms with E-state index in [-0.39, 0.29) is 0 Å². The van der Waals surface area contributed by atoms with Gasteiger partial charge >= 0.3 is 0 Å². The minimum Gasteiger partial charge on any atom is -0.322 e. The molecule has 0 radical (unpaired) electrons. The summed E-state index contributed by atoms with van der Waals surface area (Å²) < 4.78 is 1.63. The first kappa shape index (κ1) is 10.4. The van der Waals surface area contributed by atoms with Crippen LogP contribution < -0.4 is 0 Å². The number of aryl methyl sites for hydroxylation is 1. The number of aromatic nitrogens is 4. The quantitative estimate of drug-likeness (QED) is 0.717. The molecule has 0 aliphatic rings. The van der Waals surface area contributed by atoms with Crippen molar-refractivity contribution >= 4 is 22.6 Å². The van der Waals surface area contributed by atoms with E-state index in [4.69, 9.17) is 11.6 Å². The van der Waals surface area contributed by atoms with E-state index in [2.05, 4.69) is 15.1 Å². The van der Waals surface area contributed by atoms with Crippen molar-refractivity contribution in [3.8, 4) is 5.95 Å². The fourth-order valence-corrected chi connectivity index (χ4v) is 2.01. The molecule has 2 heterocycles. The number of rotatable bonds is 1. The Kier molecular flexibility index (Phi) is 2.19. The summed E-state index contributed by atoms with van der Waals surface area (Å²) in [5, 5.41) is 4.96. The number of hydrogen-bond donors (Lipinski definition) is 1. The van der Waals surface area contributed by atoms with E-state index in [0.717, 1.165) is 22.3 Å². The molecule has 17 heavy (non-hydrogen) atoms. The predicted molar refractivity (Wildman–Crippen MR) is 67.7 cm³/mol. The summed E-state index contributed by atoms with van der Waals surface area (Å²) in [4.78, 5) is 7.66. The topological polar surface area (TPSA) is 46.5 Å². The molecule has 0 aliphatic carbocycles. The molecule has 0 bridgehead atoms. The van der Waals surface area contributed by atoms with Crippen molar-refractivity contribution in [1.29, 1.82) is 0 Å². The summed E-state index contributed by atoms with van der Waals surface area (Å²) in [5.74, 6) is 0.646. The van der Waals surface area contributed by atoms with Crippen LogP contribution in [0, 0.1) is 13.8 Å². The molecule has 0 unspecified atom stereocenters. The zero-order valence-electron chi connectivity index (χ0n) is 9.53. The molecule has 2 aromatic heterocycles. The van der Waals surface area contributed by atoms with Crippen molar-refractivity contribution in [3.63, 3.8) is 0 Å². The van der Waals surface area contributed by atoms with Crippen LogP contribution in [0.15, 0.2) is 24.3 Å². The lowest BCUT2D eigenvalue weighted by Gasteiger charge is -1.96. The third-order valence-corrected chi connectivity index (χ3v) is 3.31. The molecule has 0 saturated heterocycles. The summed E-state index contributed by atoms with van der Waals surface area (Å²) >= 11 is 6.22. The molecule has 1 aromatic carbocycles. The van der Waals surface area contributed by atoms with E-state index in [0.29, 0.717) is 11.1 Å². The van der Waals surface area contributed by atoms with Crippen molar-refractivity contribution in [2.24, 2.45) is 0 Å². The third kappa shape index (κ3) is 1.52. The van der Waals surface area contributed by atoms with Crippen LogP contribution in [-0.4, -0.2) is 19.7 Å². The minimum atomic E-state index is 0.599. The second-order valence-corrected chi connectivity index (χ2v) is 4.35. The molecule has 0 aliphatic heterocycles. The van der Waals surface area contributed by atoms with Crippen LogP contribution in [0.25, 0.3) is 17.0 Å². The first-order valence-corrected chi connectivity index (χ1v) is 5.71. The number of benzene rings is 1. The summed E-state index contributed by atoms with van der Waals surface area (Å²) in [6, 6.07) is 7.84. The van der Waals surface area contributed by atoms with Gasteiger partial charge in [-0.2, -0.15) is 9.78 Å². The van der Waals surface area contributed by atoms with Crippen LogP contribution in [0.5, 0.6) is 0 Å². The van der Waals surface area contributed by atoms with Crippen LogP contribution >= 0.6 is 11.6 Å². The second-order valence-electron chi connectivity index (χ2n) is 3.99. The molecule has 86 valence electrons. The Balaban J connectivity index is 2.23. The van der Waals surface area contributed by atoms with Gasteiger partial charge in [0.05, 0.1) is 16.7 Å². The highest BCUT2D eigenvalue weighted by Gasteiger charge is 2.13. The number of fused-ring (bicyclic) bond motifs is 1. The van der Waals surface area contributed by atoms with Crippen molar-refractivity contribution in [3.05, 3.63) is 40.7 Å². The van der Waals surface area contributed by atoms with E-state index < -0.39 is 0 Å². The lowest BCUT2D eigenvalue weighted by Crippen LogP contribution is -1.98. The predicted octanol–water partition coefficient (Wildman–Crippen LogP) is 3.02. The van der Waals surface area contributed by atoms with Crippen molar-refractivity contribution in [2.45, 2.75) is 13.8 Å². The molecule has 3 aromatic rings. The Morgan fingerprint density at radius 2 is 2.00 bits per heavy atom. The fraction of sp³-hybridized carbons (Fsp3) is 0.167. The number of hydrogen-bond acceptors (Lipinski definition) is 2. The number of nitrogens with one attached hydrogen (secondary N) is 1. The molecule has 0 atom stereocenters. The van der Waals surface area contributed by atoms with Gasteiger partial charge in [0.1, 0.15) is 5.15 Å². The van der Waals surface area contributed by atoms with Crippen LogP contribution in [0.4, 0.5) is 0 Å². The average molecular weight is 247 g/mol. The molecule has 1 N–H and O–H groups in total. The van der Waals surface area contributed by atoms with Crippen LogP contribution in [0.1, 0.15) is 11.3 Å². The van der Waals surface area contributed by atoms with E-state index in [1.807, 2.05) is 38.1 Å². The van der Waals surface area contributed by atoms with Crippen molar-refractivity contribution < 1.29 is 0 Å². The van der Waals surface area contributed by atoms with Gasteiger partial charge in [-0.3, -0.25) is 0 Å². The van der Waals surface area contributed by atoms with Crippen molar-refractivity contribution in [2.75, 3.05) is 0 Å². The maximum Gasteiger partial charge on any atom is 0.230 e. The van der Waals surface area contributed by atoms with Gasteiger partial charge in [-0.25, -0.2) is 4.98 Å². The lowest BCUT2D eigenvalue weighted by molar-refractivity contribution is 0.816. The monoisotopic (exact) mass is 246 g/mol. The van der Waals surface area contributed by atoms with Gasteiger partial charge in [0.2, 0.25) is 5.95 Å². The van der Waals surface area contributed by atoms with Crippen molar-refractivity contribution in [1.82, 2.24) is 19.7 Å². The molecular weight excluding hydrogens is 236 g/mol. The number of para-hydroxylation sites is 2. The van der Waals surface area contributed by atoms with E-state index in [1.54, 1.807) is 4.68 Å². The second kappa shape index (κ2) is 3.60. The zero-order chi connectivity index (χ0) is 12.0. The van der Waals surface area contributed by atoms with E-state index in [1.165, 1.54) is 0 Å². The summed E-state index contributed by atoms with van der Waals surface area (Å²) in [5.41, 5.74) is 3.77. The highest BCUT2D eigenvalue weighted by molar-refractivity contribution is 6.30. The number of H-pyrrole nitrogens is 1. The van der Waals surface area contributed by atoms with Crippen LogP contribution in [0.2, 0.25) is 5.15 Å². The summed E-state index contributed by atoms with van der Waals surface area (Å²) in [6.45, 7) is 3.88. The zero-order valence-corrected chi connectivity index (χ0v) is 10.3. The molecule has 0 amide bonds. The molecule has 0 spiro atoms. The highest BCUT2D eigenvalue weighted by Crippen LogP contribution is 2.22. The van der Waals surface area contributed by atoms with E-state index in [9.17, 15) is 0 Å². The normalized spacial score (nSPS) is 11.2. The molecule has 3 rings (SSSR count). The lowest BCUT2D eigenvalue weighted by atomic mass is 10.3. The number of nitrogens with zero attached hydrogens (tertiary/aromatic N) is 3. The minimum absolute atomic E-state index is 0.599. The first-order valence-electron chi connectivity index (χ1n) is 5.33. The van der Waals surface area contributed by atoms with Crippen LogP contribution in [-0.2, 0) is 0 Å². The molecule has 5 heteroatoms. The number of imidazole rings is 1. The SMILES string of the molecule is Cc1nn(-c2nc3ccccc3[nH]2)c(Cl)c1C. The number of halogens is 1. The van der Waals surface area contributed by atoms with E-state index >= 15 is 0 Å². The molecule has 4 nitrogen and oxygen atoms in total. The summed E-state index contributed by atoms with van der Waals surface area (Å²) in [7, 11) is 0. The molecular formula is C12H11ClN4. The molecule has 0 saturated carbocycles. The fourth-order valence-electron chi connectivity index (χ4n) is 1.76. The standard InChI is InChI=1S/C12H11ClN4/c1-7-8(2)16-17(11(7)13)12-14-9-5-3-4-6-10(9)15-12/h3-6H,1-2H3,(H,14,15). The van der Waals surface area contributed by atoms with Crippen LogP contribution in [0.3, 0.4) is 0 Å². The maximum absolute atomic E-state index is 6.22. The van der Waals surface area contributed by atoms with Gasteiger partial charge in [-0.15, -0.1) is 0 Å². The Labute approximate surface area is 103 Å². The maximum atomic E-state index is 6.22. The number of aromatic amines is 1. The first-order chi connectivity index (χ1) is 8.16. The largest absolute Gasteiger partial charge is 0.322 e. The smallest absolute Gasteiger partial charge is 0.230 e. The van der Waals surface area contributed by atoms with Gasteiger partial charge in [0, 0.05) is 5.56 Å². The highest BCUT2D eigenvalue weighted by atomic mass is 35.5. The van der Waals surface area contributed by atoms with Gasteiger partial charge in [-0.05, 0) is 26.0 Å². The Morgan fingerprint density at radius 3 is 2.65 bits per heavy atom. The average Bonchev–Trinajstić information content (AvgIpc) is 2.86. The van der Waals surface area contributed by atoms with Gasteiger partial charge in [0.15, 0.2) is 0 Å². The summed E-state index contributed by atoms with van der Waals surface area (Å²) in [6.07, 6.45) is 0. The Bertz CT molecular complexity index is 663. The Morgan fingerprint density at radius 1 is 1.24 bits per heavy atom. The van der Waals surface area contributed by atoms with Gasteiger partial charge in [0.25, 0.3) is 0 Å². The third-order valence-electron chi connectivity index (χ3n) is 2.87.